The minimum absolute atomic E-state index is 1.05. The van der Waals surface area contributed by atoms with Gasteiger partial charge < -0.3 is 10.1 Å². The fourth-order valence-electron chi connectivity index (χ4n) is 0.155. The van der Waals surface area contributed by atoms with E-state index >= 15 is 0 Å². The van der Waals surface area contributed by atoms with Gasteiger partial charge in [-0.05, 0) is 4.28 Å². The van der Waals surface area contributed by atoms with Crippen LogP contribution in [0.1, 0.15) is 0 Å². The van der Waals surface area contributed by atoms with E-state index in [0.29, 0.717) is 0 Å². The third-order valence-electron chi connectivity index (χ3n) is 0.370. The third-order valence-corrected chi connectivity index (χ3v) is 0.692. The average Bonchev–Trinajstić information content (AvgIpc) is 1.80. The second-order valence-corrected chi connectivity index (χ2v) is 2.08. The maximum absolute atomic E-state index is 9.69. The van der Waals surface area contributed by atoms with Gasteiger partial charge in [0.2, 0.25) is 5.28 Å². The smallest absolute Gasteiger partial charge is 0.337 e. The standard InChI is InChI=1S/HN3O7S/c4-1-2(3(5)6)10-11(7,8)9/h(H,7,8,9). The van der Waals surface area contributed by atoms with Gasteiger partial charge in [-0.2, -0.15) is 8.42 Å². The molecule has 0 aromatic carbocycles. The Morgan fingerprint density at radius 2 is 2.09 bits per heavy atom. The van der Waals surface area contributed by atoms with Crippen molar-refractivity contribution >= 4 is 10.4 Å². The van der Waals surface area contributed by atoms with Gasteiger partial charge in [-0.25, -0.2) is 0 Å². The zero-order chi connectivity index (χ0) is 9.07. The summed E-state index contributed by atoms with van der Waals surface area (Å²) < 4.78 is 30.2. The van der Waals surface area contributed by atoms with Crippen molar-refractivity contribution in [1.29, 1.82) is 0 Å². The second kappa shape index (κ2) is 3.18. The quantitative estimate of drug-likeness (QED) is 0.253. The maximum atomic E-state index is 9.69. The van der Waals surface area contributed by atoms with Crippen LogP contribution >= 0.6 is 0 Å². The molecule has 0 spiro atoms. The van der Waals surface area contributed by atoms with Gasteiger partial charge in [0.05, 0.1) is 5.03 Å². The molecule has 11 heteroatoms. The van der Waals surface area contributed by atoms with Crippen LogP contribution in [-0.4, -0.2) is 23.3 Å². The van der Waals surface area contributed by atoms with Crippen molar-refractivity contribution in [2.75, 3.05) is 0 Å². The lowest BCUT2D eigenvalue weighted by Gasteiger charge is -1.99. The van der Waals surface area contributed by atoms with Crippen molar-refractivity contribution in [2.45, 2.75) is 0 Å². The van der Waals surface area contributed by atoms with Crippen LogP contribution in [0.5, 0.6) is 0 Å². The number of hydrogen-bond donors (Lipinski definition) is 1. The minimum Gasteiger partial charge on any atom is -0.337 e. The molecular formula is HN3O7S. The summed E-state index contributed by atoms with van der Waals surface area (Å²) in [5.74, 6) is 0. The van der Waals surface area contributed by atoms with E-state index in [1.807, 2.05) is 0 Å². The molecule has 0 amide bonds. The first kappa shape index (κ1) is 9.67. The van der Waals surface area contributed by atoms with Gasteiger partial charge in [-0.1, -0.05) is 0 Å². The Balaban J connectivity index is 4.34. The van der Waals surface area contributed by atoms with Crippen LogP contribution in [-0.2, 0) is 14.7 Å². The van der Waals surface area contributed by atoms with E-state index in [4.69, 9.17) is 4.55 Å². The summed E-state index contributed by atoms with van der Waals surface area (Å²) in [4.78, 5) is 18.9. The van der Waals surface area contributed by atoms with E-state index in [2.05, 4.69) is 4.28 Å². The summed E-state index contributed by atoms with van der Waals surface area (Å²) in [6.45, 7) is 0. The summed E-state index contributed by atoms with van der Waals surface area (Å²) in [5, 5.41) is 8.41. The number of nitroso groups, excluding NO2 is 1. The molecule has 0 radical (unpaired) electrons. The molecule has 0 heterocycles. The molecule has 10 nitrogen and oxygen atoms in total. The Kier molecular flexibility index (Phi) is 2.79. The molecule has 0 aromatic heterocycles. The summed E-state index contributed by atoms with van der Waals surface area (Å²) in [7, 11) is -5.09. The number of nitrogens with zero attached hydrogens (tertiary/aromatic N) is 3. The lowest BCUT2D eigenvalue weighted by atomic mass is 12.3. The Labute approximate surface area is 59.3 Å². The van der Waals surface area contributed by atoms with Crippen LogP contribution in [0, 0.1) is 15.0 Å². The largest absolute Gasteiger partial charge is 0.424 e. The lowest BCUT2D eigenvalue weighted by Crippen LogP contribution is -2.27. The van der Waals surface area contributed by atoms with Gasteiger partial charge in [-0.3, -0.25) is 4.55 Å². The number of nitro groups is 1. The van der Waals surface area contributed by atoms with E-state index < -0.39 is 20.7 Å². The van der Waals surface area contributed by atoms with E-state index in [1.165, 1.54) is 5.29 Å². The highest BCUT2D eigenvalue weighted by Gasteiger charge is 2.24. The summed E-state index contributed by atoms with van der Waals surface area (Å²) in [6, 6.07) is 0. The van der Waals surface area contributed by atoms with Gasteiger partial charge in [0.15, 0.2) is 0 Å². The predicted molar refractivity (Wildman–Crippen MR) is 27.3 cm³/mol. The SMILES string of the molecule is O=NN(OS(=O)(=O)O)[N+](=O)[O-]. The zero-order valence-electron chi connectivity index (χ0n) is 4.65. The Morgan fingerprint density at radius 1 is 1.64 bits per heavy atom. The Hall–Kier alpha value is -1.33. The maximum Gasteiger partial charge on any atom is 0.424 e. The molecule has 0 unspecified atom stereocenters. The van der Waals surface area contributed by atoms with E-state index in [-0.39, 0.29) is 0 Å². The summed E-state index contributed by atoms with van der Waals surface area (Å²) >= 11 is 0. The molecule has 1 N–H and O–H groups in total. The molecule has 0 aromatic rings. The predicted octanol–water partition coefficient (Wildman–Crippen LogP) is -1.10. The number of rotatable bonds is 4. The van der Waals surface area contributed by atoms with Gasteiger partial charge in [-0.15, -0.1) is 0 Å². The van der Waals surface area contributed by atoms with E-state index in [0.717, 1.165) is 0 Å². The summed E-state index contributed by atoms with van der Waals surface area (Å²) in [5.41, 5.74) is 0. The monoisotopic (exact) mass is 187 g/mol. The number of hydrogen-bond acceptors (Lipinski definition) is 7. The van der Waals surface area contributed by atoms with Gasteiger partial charge in [0.25, 0.3) is 0 Å². The number of hydrazine groups is 1. The molecule has 0 bridgehead atoms. The highest BCUT2D eigenvalue weighted by molar-refractivity contribution is 7.80. The highest BCUT2D eigenvalue weighted by atomic mass is 32.3. The molecule has 0 rings (SSSR count). The van der Waals surface area contributed by atoms with Crippen LogP contribution in [0.3, 0.4) is 0 Å². The van der Waals surface area contributed by atoms with E-state index in [1.54, 1.807) is 0 Å². The van der Waals surface area contributed by atoms with Crippen molar-refractivity contribution in [2.24, 2.45) is 5.29 Å². The molecule has 0 aliphatic carbocycles. The first-order chi connectivity index (χ1) is 4.87. The van der Waals surface area contributed by atoms with Crippen molar-refractivity contribution < 1.29 is 22.3 Å². The third kappa shape index (κ3) is 4.12. The molecule has 0 aliphatic heterocycles. The fraction of sp³-hybridized carbons (Fsp3) is 0. The molecule has 64 valence electrons. The second-order valence-electron chi connectivity index (χ2n) is 1.07. The molecule has 0 saturated heterocycles. The minimum atomic E-state index is -5.09. The lowest BCUT2D eigenvalue weighted by molar-refractivity contribution is -0.720. The van der Waals surface area contributed by atoms with Crippen LogP contribution in [0.4, 0.5) is 0 Å². The Morgan fingerprint density at radius 3 is 2.18 bits per heavy atom. The normalized spacial score (nSPS) is 10.6. The first-order valence-corrected chi connectivity index (χ1v) is 3.18. The van der Waals surface area contributed by atoms with E-state index in [9.17, 15) is 23.4 Å². The van der Waals surface area contributed by atoms with Gasteiger partial charge >= 0.3 is 15.7 Å². The van der Waals surface area contributed by atoms with Crippen molar-refractivity contribution in [3.63, 3.8) is 0 Å². The first-order valence-electron chi connectivity index (χ1n) is 1.81. The molecule has 11 heavy (non-hydrogen) atoms. The van der Waals surface area contributed by atoms with Crippen LogP contribution in [0.2, 0.25) is 0 Å². The fourth-order valence-corrected chi connectivity index (χ4v) is 0.405. The van der Waals surface area contributed by atoms with Gasteiger partial charge in [0.1, 0.15) is 0 Å². The van der Waals surface area contributed by atoms with Crippen LogP contribution in [0.15, 0.2) is 5.29 Å². The molecular weight excluding hydrogens is 186 g/mol. The topological polar surface area (TPSA) is 139 Å². The molecule has 0 aliphatic rings. The van der Waals surface area contributed by atoms with Gasteiger partial charge in [0, 0.05) is 4.91 Å². The van der Waals surface area contributed by atoms with Crippen LogP contribution < -0.4 is 0 Å². The molecule has 0 fully saturated rings. The van der Waals surface area contributed by atoms with Crippen molar-refractivity contribution in [3.05, 3.63) is 15.0 Å². The Bertz CT molecular complexity index is 251. The summed E-state index contributed by atoms with van der Waals surface area (Å²) in [6.07, 6.45) is 0. The van der Waals surface area contributed by atoms with Crippen molar-refractivity contribution in [1.82, 2.24) is 5.28 Å². The highest BCUT2D eigenvalue weighted by Crippen LogP contribution is 1.95. The molecule has 0 saturated carbocycles. The van der Waals surface area contributed by atoms with Crippen molar-refractivity contribution in [3.8, 4) is 0 Å². The zero-order valence-corrected chi connectivity index (χ0v) is 5.46. The average molecular weight is 187 g/mol. The molecule has 0 atom stereocenters. The van der Waals surface area contributed by atoms with Crippen LogP contribution in [0.25, 0.3) is 0 Å².